The normalized spacial score (nSPS) is 10.4. The highest BCUT2D eigenvalue weighted by atomic mass is 35.5. The predicted octanol–water partition coefficient (Wildman–Crippen LogP) is 4.53. The van der Waals surface area contributed by atoms with Crippen LogP contribution in [-0.4, -0.2) is 21.8 Å². The molecule has 0 aliphatic heterocycles. The van der Waals surface area contributed by atoms with Gasteiger partial charge in [-0.2, -0.15) is 0 Å². The summed E-state index contributed by atoms with van der Waals surface area (Å²) in [6, 6.07) is 11.6. The number of pyridine rings is 2. The summed E-state index contributed by atoms with van der Waals surface area (Å²) in [6.07, 6.45) is 4.10. The van der Waals surface area contributed by atoms with E-state index in [1.807, 2.05) is 0 Å². The molecule has 2 heterocycles. The third-order valence-corrected chi connectivity index (χ3v) is 4.48. The quantitative estimate of drug-likeness (QED) is 0.645. The van der Waals surface area contributed by atoms with Gasteiger partial charge in [0.2, 0.25) is 11.8 Å². The number of hydrogen-bond donors (Lipinski definition) is 1. The highest BCUT2D eigenvalue weighted by Gasteiger charge is 2.21. The molecule has 0 atom stereocenters. The lowest BCUT2D eigenvalue weighted by Gasteiger charge is -2.22. The smallest absolute Gasteiger partial charge is 0.232 e. The van der Waals surface area contributed by atoms with Crippen LogP contribution in [-0.2, 0) is 16.0 Å². The average Bonchev–Trinajstić information content (AvgIpc) is 2.71. The van der Waals surface area contributed by atoms with Crippen molar-refractivity contribution >= 4 is 40.6 Å². The number of hydrogen-bond acceptors (Lipinski definition) is 4. The summed E-state index contributed by atoms with van der Waals surface area (Å²) in [4.78, 5) is 33.9. The lowest BCUT2D eigenvalue weighted by Crippen LogP contribution is -2.27. The topological polar surface area (TPSA) is 75.2 Å². The maximum Gasteiger partial charge on any atom is 0.232 e. The summed E-state index contributed by atoms with van der Waals surface area (Å²) < 4.78 is 14.2. The highest BCUT2D eigenvalue weighted by Crippen LogP contribution is 2.28. The van der Waals surface area contributed by atoms with Crippen molar-refractivity contribution in [1.82, 2.24) is 9.97 Å². The maximum atomic E-state index is 14.2. The molecule has 2 aromatic heterocycles. The first-order valence-electron chi connectivity index (χ1n) is 8.91. The fourth-order valence-corrected chi connectivity index (χ4v) is 2.93. The number of nitrogens with one attached hydrogen (secondary N) is 1. The number of carbonyl (C=O) groups is 2. The van der Waals surface area contributed by atoms with E-state index >= 15 is 0 Å². The first kappa shape index (κ1) is 20.4. The Bertz CT molecular complexity index is 1040. The third-order valence-electron chi connectivity index (χ3n) is 4.11. The van der Waals surface area contributed by atoms with Crippen molar-refractivity contribution in [3.05, 3.63) is 77.5 Å². The minimum atomic E-state index is -0.649. The SMILES string of the molecule is CCC(=O)N(c1cc(NC(=O)Cc2ccccc2Cl)ccn1)c1ccncc1F. The Kier molecular flexibility index (Phi) is 6.51. The molecule has 3 rings (SSSR count). The number of aromatic nitrogens is 2. The number of halogens is 2. The summed E-state index contributed by atoms with van der Waals surface area (Å²) in [5, 5.41) is 3.26. The molecule has 148 valence electrons. The van der Waals surface area contributed by atoms with Gasteiger partial charge >= 0.3 is 0 Å². The largest absolute Gasteiger partial charge is 0.326 e. The maximum absolute atomic E-state index is 14.2. The number of amides is 2. The van der Waals surface area contributed by atoms with Crippen molar-refractivity contribution in [3.8, 4) is 0 Å². The van der Waals surface area contributed by atoms with Crippen LogP contribution in [0.5, 0.6) is 0 Å². The molecule has 0 radical (unpaired) electrons. The molecule has 0 saturated carbocycles. The minimum Gasteiger partial charge on any atom is -0.326 e. The molecule has 0 saturated heterocycles. The molecule has 2 amide bonds. The Labute approximate surface area is 172 Å². The van der Waals surface area contributed by atoms with Crippen molar-refractivity contribution in [1.29, 1.82) is 0 Å². The van der Waals surface area contributed by atoms with Gasteiger partial charge in [-0.3, -0.25) is 19.5 Å². The lowest BCUT2D eigenvalue weighted by atomic mass is 10.1. The molecule has 1 aromatic carbocycles. The second-order valence-electron chi connectivity index (χ2n) is 6.13. The van der Waals surface area contributed by atoms with Crippen molar-refractivity contribution in [2.75, 3.05) is 10.2 Å². The molecule has 3 aromatic rings. The van der Waals surface area contributed by atoms with Crippen LogP contribution in [0.2, 0.25) is 5.02 Å². The Hall–Kier alpha value is -3.32. The van der Waals surface area contributed by atoms with Gasteiger partial charge in [-0.05, 0) is 23.8 Å². The monoisotopic (exact) mass is 412 g/mol. The van der Waals surface area contributed by atoms with Crippen LogP contribution >= 0.6 is 11.6 Å². The van der Waals surface area contributed by atoms with Gasteiger partial charge < -0.3 is 5.32 Å². The van der Waals surface area contributed by atoms with E-state index in [4.69, 9.17) is 11.6 Å². The van der Waals surface area contributed by atoms with Crippen LogP contribution in [0.1, 0.15) is 18.9 Å². The summed E-state index contributed by atoms with van der Waals surface area (Å²) in [5.41, 5.74) is 1.16. The van der Waals surface area contributed by atoms with E-state index in [-0.39, 0.29) is 36.2 Å². The van der Waals surface area contributed by atoms with Crippen LogP contribution in [0, 0.1) is 5.82 Å². The Morgan fingerprint density at radius 2 is 1.97 bits per heavy atom. The van der Waals surface area contributed by atoms with E-state index < -0.39 is 5.82 Å². The van der Waals surface area contributed by atoms with Gasteiger partial charge in [0.1, 0.15) is 5.82 Å². The molecule has 0 fully saturated rings. The van der Waals surface area contributed by atoms with Crippen LogP contribution in [0.3, 0.4) is 0 Å². The molecular weight excluding hydrogens is 395 g/mol. The molecule has 0 unspecified atom stereocenters. The van der Waals surface area contributed by atoms with Gasteiger partial charge in [-0.15, -0.1) is 0 Å². The summed E-state index contributed by atoms with van der Waals surface area (Å²) in [7, 11) is 0. The molecule has 8 heteroatoms. The molecule has 0 bridgehead atoms. The van der Waals surface area contributed by atoms with E-state index in [0.717, 1.165) is 6.20 Å². The van der Waals surface area contributed by atoms with Gasteiger partial charge in [0.05, 0.1) is 18.3 Å². The van der Waals surface area contributed by atoms with Crippen LogP contribution in [0.15, 0.2) is 61.1 Å². The summed E-state index contributed by atoms with van der Waals surface area (Å²) in [6.45, 7) is 1.67. The van der Waals surface area contributed by atoms with Gasteiger partial charge in [0.15, 0.2) is 5.82 Å². The van der Waals surface area contributed by atoms with Crippen LogP contribution in [0.4, 0.5) is 21.6 Å². The lowest BCUT2D eigenvalue weighted by molar-refractivity contribution is -0.117. The Morgan fingerprint density at radius 3 is 2.69 bits per heavy atom. The van der Waals surface area contributed by atoms with E-state index in [1.54, 1.807) is 37.3 Å². The summed E-state index contributed by atoms with van der Waals surface area (Å²) in [5.74, 6) is -1.08. The zero-order chi connectivity index (χ0) is 20.8. The fraction of sp³-hybridized carbons (Fsp3) is 0.143. The van der Waals surface area contributed by atoms with Gasteiger partial charge in [0, 0.05) is 35.6 Å². The number of carbonyl (C=O) groups excluding carboxylic acids is 2. The van der Waals surface area contributed by atoms with Gasteiger partial charge in [0.25, 0.3) is 0 Å². The first-order valence-corrected chi connectivity index (χ1v) is 9.29. The molecule has 29 heavy (non-hydrogen) atoms. The Morgan fingerprint density at radius 1 is 1.17 bits per heavy atom. The highest BCUT2D eigenvalue weighted by molar-refractivity contribution is 6.31. The van der Waals surface area contributed by atoms with E-state index in [0.29, 0.717) is 16.3 Å². The first-order chi connectivity index (χ1) is 14.0. The minimum absolute atomic E-state index is 0.0406. The molecule has 0 aliphatic rings. The van der Waals surface area contributed by atoms with Gasteiger partial charge in [-0.25, -0.2) is 9.37 Å². The van der Waals surface area contributed by atoms with E-state index in [9.17, 15) is 14.0 Å². The van der Waals surface area contributed by atoms with E-state index in [1.165, 1.54) is 29.4 Å². The van der Waals surface area contributed by atoms with Crippen molar-refractivity contribution in [2.45, 2.75) is 19.8 Å². The molecule has 0 aliphatic carbocycles. The van der Waals surface area contributed by atoms with Crippen LogP contribution < -0.4 is 10.2 Å². The zero-order valence-electron chi connectivity index (χ0n) is 15.6. The van der Waals surface area contributed by atoms with Crippen LogP contribution in [0.25, 0.3) is 0 Å². The van der Waals surface area contributed by atoms with Crippen molar-refractivity contribution in [2.24, 2.45) is 0 Å². The standard InChI is InChI=1S/C21H18ClFN4O2/c1-2-21(29)27(18-8-9-24-13-17(18)23)19-12-15(7-10-25-19)26-20(28)11-14-5-3-4-6-16(14)22/h3-10,12-13H,2,11H2,1H3,(H,25,26,28). The number of nitrogens with zero attached hydrogens (tertiary/aromatic N) is 3. The predicted molar refractivity (Wildman–Crippen MR) is 110 cm³/mol. The average molecular weight is 413 g/mol. The number of rotatable bonds is 6. The zero-order valence-corrected chi connectivity index (χ0v) is 16.4. The van der Waals surface area contributed by atoms with Crippen molar-refractivity contribution in [3.63, 3.8) is 0 Å². The Balaban J connectivity index is 1.85. The van der Waals surface area contributed by atoms with Gasteiger partial charge in [-0.1, -0.05) is 36.7 Å². The molecule has 1 N–H and O–H groups in total. The fourth-order valence-electron chi connectivity index (χ4n) is 2.73. The molecule has 0 spiro atoms. The third kappa shape index (κ3) is 4.94. The summed E-state index contributed by atoms with van der Waals surface area (Å²) >= 11 is 6.10. The molecule has 6 nitrogen and oxygen atoms in total. The molecular formula is C21H18ClFN4O2. The van der Waals surface area contributed by atoms with Crippen molar-refractivity contribution < 1.29 is 14.0 Å². The van der Waals surface area contributed by atoms with E-state index in [2.05, 4.69) is 15.3 Å². The number of benzene rings is 1. The number of anilines is 3. The second kappa shape index (κ2) is 9.25. The second-order valence-corrected chi connectivity index (χ2v) is 6.54.